The van der Waals surface area contributed by atoms with Crippen molar-refractivity contribution in [2.24, 2.45) is 5.92 Å². The molecule has 5 heteroatoms. The Hall–Kier alpha value is -1.13. The van der Waals surface area contributed by atoms with Crippen LogP contribution in [0.1, 0.15) is 33.1 Å². The molecule has 1 atom stereocenters. The summed E-state index contributed by atoms with van der Waals surface area (Å²) in [5.74, 6) is -1.19. The highest BCUT2D eigenvalue weighted by Gasteiger charge is 2.46. The Kier molecular flexibility index (Phi) is 3.88. The quantitative estimate of drug-likeness (QED) is 0.796. The smallest absolute Gasteiger partial charge is 0.343 e. The number of carboxylic acid groups (broad SMARTS) is 1. The molecular formula is C11H18FNO3. The van der Waals surface area contributed by atoms with Crippen LogP contribution in [0.5, 0.6) is 0 Å². The van der Waals surface area contributed by atoms with E-state index >= 15 is 0 Å². The maximum Gasteiger partial charge on any atom is 0.343 e. The molecule has 1 amide bonds. The van der Waals surface area contributed by atoms with Crippen molar-refractivity contribution in [3.63, 3.8) is 0 Å². The maximum atomic E-state index is 13.7. The summed E-state index contributed by atoms with van der Waals surface area (Å²) in [5.41, 5.74) is -2.24. The van der Waals surface area contributed by atoms with Gasteiger partial charge in [-0.15, -0.1) is 0 Å². The summed E-state index contributed by atoms with van der Waals surface area (Å²) in [4.78, 5) is 23.6. The molecule has 4 nitrogen and oxygen atoms in total. The van der Waals surface area contributed by atoms with Crippen molar-refractivity contribution in [2.75, 3.05) is 13.1 Å². The number of hydrogen-bond donors (Lipinski definition) is 1. The fraction of sp³-hybridized carbons (Fsp3) is 0.818. The number of hydrogen-bond acceptors (Lipinski definition) is 2. The van der Waals surface area contributed by atoms with Crippen molar-refractivity contribution in [2.45, 2.75) is 38.8 Å². The third-order valence-corrected chi connectivity index (χ3v) is 2.89. The number of rotatable bonds is 4. The van der Waals surface area contributed by atoms with Crippen LogP contribution in [0, 0.1) is 5.92 Å². The van der Waals surface area contributed by atoms with Crippen LogP contribution in [-0.2, 0) is 9.59 Å². The molecule has 1 heterocycles. The highest BCUT2D eigenvalue weighted by atomic mass is 19.1. The van der Waals surface area contributed by atoms with Gasteiger partial charge >= 0.3 is 5.97 Å². The van der Waals surface area contributed by atoms with E-state index in [-0.39, 0.29) is 25.4 Å². The van der Waals surface area contributed by atoms with Gasteiger partial charge in [0.2, 0.25) is 11.6 Å². The Balaban J connectivity index is 2.47. The second-order valence-electron chi connectivity index (χ2n) is 4.77. The van der Waals surface area contributed by atoms with Crippen LogP contribution in [0.15, 0.2) is 0 Å². The summed E-state index contributed by atoms with van der Waals surface area (Å²) in [6.07, 6.45) is 1.02. The summed E-state index contributed by atoms with van der Waals surface area (Å²) in [7, 11) is 0. The minimum absolute atomic E-state index is 0.101. The average molecular weight is 231 g/mol. The van der Waals surface area contributed by atoms with Gasteiger partial charge < -0.3 is 10.0 Å². The number of nitrogens with zero attached hydrogens (tertiary/aromatic N) is 1. The third-order valence-electron chi connectivity index (χ3n) is 2.89. The zero-order chi connectivity index (χ0) is 12.3. The van der Waals surface area contributed by atoms with Crippen LogP contribution in [-0.4, -0.2) is 40.6 Å². The molecule has 0 aliphatic carbocycles. The van der Waals surface area contributed by atoms with E-state index in [4.69, 9.17) is 5.11 Å². The number of halogens is 1. The predicted molar refractivity (Wildman–Crippen MR) is 56.7 cm³/mol. The lowest BCUT2D eigenvalue weighted by molar-refractivity contribution is -0.150. The number of carboxylic acids is 1. The van der Waals surface area contributed by atoms with Gasteiger partial charge in [-0.2, -0.15) is 0 Å². The topological polar surface area (TPSA) is 57.6 Å². The van der Waals surface area contributed by atoms with Crippen molar-refractivity contribution in [3.8, 4) is 0 Å². The van der Waals surface area contributed by atoms with Gasteiger partial charge in [0.1, 0.15) is 0 Å². The van der Waals surface area contributed by atoms with Crippen LogP contribution in [0.2, 0.25) is 0 Å². The molecule has 0 bridgehead atoms. The van der Waals surface area contributed by atoms with Gasteiger partial charge in [-0.1, -0.05) is 13.8 Å². The van der Waals surface area contributed by atoms with Gasteiger partial charge in [0.15, 0.2) is 0 Å². The standard InChI is InChI=1S/C11H18FNO3/c1-8(2)3-4-9(14)13-6-5-11(12,7-13)10(15)16/h8H,3-7H2,1-2H3,(H,15,16). The Labute approximate surface area is 94.4 Å². The van der Waals surface area contributed by atoms with Gasteiger partial charge in [-0.25, -0.2) is 9.18 Å². The van der Waals surface area contributed by atoms with Crippen LogP contribution < -0.4 is 0 Å². The normalized spacial score (nSPS) is 25.1. The minimum atomic E-state index is -2.24. The molecular weight excluding hydrogens is 213 g/mol. The van der Waals surface area contributed by atoms with Gasteiger partial charge in [-0.3, -0.25) is 4.79 Å². The molecule has 0 spiro atoms. The first-order chi connectivity index (χ1) is 7.35. The molecule has 1 N–H and O–H groups in total. The highest BCUT2D eigenvalue weighted by molar-refractivity contribution is 5.82. The Bertz CT molecular complexity index is 293. The monoisotopic (exact) mass is 231 g/mol. The Morgan fingerprint density at radius 1 is 1.50 bits per heavy atom. The summed E-state index contributed by atoms with van der Waals surface area (Å²) in [5, 5.41) is 8.68. The molecule has 92 valence electrons. The average Bonchev–Trinajstić information content (AvgIpc) is 2.59. The number of alkyl halides is 1. The number of aliphatic carboxylic acids is 1. The molecule has 0 saturated carbocycles. The van der Waals surface area contributed by atoms with Gasteiger partial charge in [0, 0.05) is 19.4 Å². The van der Waals surface area contributed by atoms with Crippen molar-refractivity contribution >= 4 is 11.9 Å². The van der Waals surface area contributed by atoms with E-state index in [9.17, 15) is 14.0 Å². The lowest BCUT2D eigenvalue weighted by Crippen LogP contribution is -2.38. The molecule has 1 rings (SSSR count). The van der Waals surface area contributed by atoms with Gasteiger partial charge in [-0.05, 0) is 12.3 Å². The minimum Gasteiger partial charge on any atom is -0.479 e. The SMILES string of the molecule is CC(C)CCC(=O)N1CCC(F)(C(=O)O)C1. The Morgan fingerprint density at radius 2 is 2.12 bits per heavy atom. The lowest BCUT2D eigenvalue weighted by atomic mass is 10.1. The van der Waals surface area contributed by atoms with Crippen molar-refractivity contribution < 1.29 is 19.1 Å². The van der Waals surface area contributed by atoms with Crippen LogP contribution in [0.4, 0.5) is 4.39 Å². The van der Waals surface area contributed by atoms with E-state index in [0.717, 1.165) is 6.42 Å². The number of likely N-dealkylation sites (tertiary alicyclic amines) is 1. The second kappa shape index (κ2) is 4.80. The molecule has 1 aliphatic heterocycles. The molecule has 1 aliphatic rings. The first-order valence-electron chi connectivity index (χ1n) is 5.55. The summed E-state index contributed by atoms with van der Waals surface area (Å²) >= 11 is 0. The fourth-order valence-corrected chi connectivity index (χ4v) is 1.73. The van der Waals surface area contributed by atoms with Crippen molar-refractivity contribution in [1.29, 1.82) is 0 Å². The van der Waals surface area contributed by atoms with Crippen LogP contribution in [0.25, 0.3) is 0 Å². The zero-order valence-electron chi connectivity index (χ0n) is 9.70. The first kappa shape index (κ1) is 12.9. The largest absolute Gasteiger partial charge is 0.479 e. The molecule has 0 radical (unpaired) electrons. The molecule has 0 aromatic rings. The lowest BCUT2D eigenvalue weighted by Gasteiger charge is -2.18. The van der Waals surface area contributed by atoms with Gasteiger partial charge in [0.25, 0.3) is 0 Å². The number of carbonyl (C=O) groups is 2. The van der Waals surface area contributed by atoms with E-state index < -0.39 is 11.6 Å². The van der Waals surface area contributed by atoms with Gasteiger partial charge in [0.05, 0.1) is 6.54 Å². The molecule has 1 unspecified atom stereocenters. The van der Waals surface area contributed by atoms with E-state index in [1.165, 1.54) is 4.90 Å². The first-order valence-corrected chi connectivity index (χ1v) is 5.55. The zero-order valence-corrected chi connectivity index (χ0v) is 9.70. The van der Waals surface area contributed by atoms with Crippen molar-refractivity contribution in [3.05, 3.63) is 0 Å². The van der Waals surface area contributed by atoms with E-state index in [2.05, 4.69) is 0 Å². The molecule has 1 saturated heterocycles. The fourth-order valence-electron chi connectivity index (χ4n) is 1.73. The summed E-state index contributed by atoms with van der Waals surface area (Å²) < 4.78 is 13.7. The Morgan fingerprint density at radius 3 is 2.56 bits per heavy atom. The van der Waals surface area contributed by atoms with Crippen LogP contribution in [0.3, 0.4) is 0 Å². The molecule has 0 aromatic heterocycles. The number of amides is 1. The molecule has 16 heavy (non-hydrogen) atoms. The second-order valence-corrected chi connectivity index (χ2v) is 4.77. The maximum absolute atomic E-state index is 13.7. The van der Waals surface area contributed by atoms with E-state index in [1.54, 1.807) is 0 Å². The highest BCUT2D eigenvalue weighted by Crippen LogP contribution is 2.26. The number of carbonyl (C=O) groups excluding carboxylic acids is 1. The van der Waals surface area contributed by atoms with E-state index in [1.807, 2.05) is 13.8 Å². The summed E-state index contributed by atoms with van der Waals surface area (Å²) in [6.45, 7) is 3.92. The molecule has 1 fully saturated rings. The summed E-state index contributed by atoms with van der Waals surface area (Å²) in [6, 6.07) is 0. The third kappa shape index (κ3) is 2.93. The van der Waals surface area contributed by atoms with Crippen molar-refractivity contribution in [1.82, 2.24) is 4.90 Å². The van der Waals surface area contributed by atoms with E-state index in [0.29, 0.717) is 12.3 Å². The predicted octanol–water partition coefficient (Wildman–Crippen LogP) is 1.45. The van der Waals surface area contributed by atoms with Crippen LogP contribution >= 0.6 is 0 Å². The molecule has 0 aromatic carbocycles.